The second kappa shape index (κ2) is 10.8. The number of likely N-dealkylation sites (tertiary alicyclic amines) is 1. The van der Waals surface area contributed by atoms with Crippen molar-refractivity contribution in [2.24, 2.45) is 5.92 Å². The molecule has 7 rings (SSSR count). The molecule has 1 unspecified atom stereocenters. The molecule has 1 atom stereocenters. The van der Waals surface area contributed by atoms with Crippen LogP contribution in [0, 0.1) is 5.92 Å². The van der Waals surface area contributed by atoms with Gasteiger partial charge in [-0.3, -0.25) is 4.90 Å². The molecule has 0 amide bonds. The Morgan fingerprint density at radius 1 is 1.12 bits per heavy atom. The quantitative estimate of drug-likeness (QED) is 0.351. The summed E-state index contributed by atoms with van der Waals surface area (Å²) >= 11 is 0. The third-order valence-electron chi connectivity index (χ3n) is 7.94. The molecule has 6 heterocycles. The van der Waals surface area contributed by atoms with E-state index in [1.54, 1.807) is 7.11 Å². The van der Waals surface area contributed by atoms with E-state index in [-0.39, 0.29) is 0 Å². The summed E-state index contributed by atoms with van der Waals surface area (Å²) in [6, 6.07) is 14.3. The summed E-state index contributed by atoms with van der Waals surface area (Å²) < 4.78 is 12.9. The van der Waals surface area contributed by atoms with E-state index in [1.807, 2.05) is 35.1 Å². The summed E-state index contributed by atoms with van der Waals surface area (Å²) in [5, 5.41) is 11.8. The average Bonchev–Trinajstić information content (AvgIpc) is 3.72. The fraction of sp³-hybridized carbons (Fsp3) is 0.367. The molecule has 4 aromatic rings. The molecule has 2 fully saturated rings. The zero-order chi connectivity index (χ0) is 26.9. The number of rotatable bonds is 8. The van der Waals surface area contributed by atoms with Crippen molar-refractivity contribution in [2.75, 3.05) is 63.3 Å². The van der Waals surface area contributed by atoms with Gasteiger partial charge in [0, 0.05) is 63.5 Å². The lowest BCUT2D eigenvalue weighted by Crippen LogP contribution is -2.37. The molecule has 40 heavy (non-hydrogen) atoms. The van der Waals surface area contributed by atoms with Crippen LogP contribution in [-0.4, -0.2) is 77.5 Å². The van der Waals surface area contributed by atoms with Crippen molar-refractivity contribution in [3.8, 4) is 17.0 Å². The van der Waals surface area contributed by atoms with E-state index in [9.17, 15) is 0 Å². The Labute approximate surface area is 233 Å². The lowest BCUT2D eigenvalue weighted by atomic mass is 10.1. The highest BCUT2D eigenvalue weighted by molar-refractivity contribution is 5.73. The van der Waals surface area contributed by atoms with Crippen LogP contribution in [0.3, 0.4) is 0 Å². The molecular formula is C30H34N8O2. The maximum Gasteiger partial charge on any atom is 0.155 e. The summed E-state index contributed by atoms with van der Waals surface area (Å²) in [4.78, 5) is 14.6. The summed E-state index contributed by atoms with van der Waals surface area (Å²) in [6.45, 7) is 7.69. The first kappa shape index (κ1) is 24.9. The van der Waals surface area contributed by atoms with E-state index < -0.39 is 0 Å². The molecule has 2 saturated heterocycles. The minimum absolute atomic E-state index is 0.635. The Hall–Kier alpha value is -4.15. The Balaban J connectivity index is 1.13. The smallest absolute Gasteiger partial charge is 0.155 e. The first-order valence-corrected chi connectivity index (χ1v) is 13.9. The van der Waals surface area contributed by atoms with Crippen molar-refractivity contribution in [1.29, 1.82) is 0 Å². The maximum absolute atomic E-state index is 5.63. The number of pyridine rings is 1. The number of hydrogen-bond donors (Lipinski definition) is 2. The van der Waals surface area contributed by atoms with Gasteiger partial charge in [-0.15, -0.1) is 0 Å². The minimum atomic E-state index is 0.635. The Kier molecular flexibility index (Phi) is 6.70. The zero-order valence-electron chi connectivity index (χ0n) is 22.7. The molecule has 1 aromatic carbocycles. The van der Waals surface area contributed by atoms with Crippen LogP contribution < -0.4 is 20.3 Å². The number of fused-ring (bicyclic) bond motifs is 2. The van der Waals surface area contributed by atoms with E-state index >= 15 is 0 Å². The van der Waals surface area contributed by atoms with Crippen molar-refractivity contribution in [1.82, 2.24) is 29.8 Å². The summed E-state index contributed by atoms with van der Waals surface area (Å²) in [6.07, 6.45) is 6.09. The summed E-state index contributed by atoms with van der Waals surface area (Å²) in [7, 11) is 1.68. The predicted octanol–water partition coefficient (Wildman–Crippen LogP) is 3.17. The molecule has 3 aromatic heterocycles. The van der Waals surface area contributed by atoms with E-state index in [1.165, 1.54) is 5.57 Å². The van der Waals surface area contributed by atoms with Crippen molar-refractivity contribution < 1.29 is 9.47 Å². The standard InChI is InChI=1S/C30H34N8O2/c1-39-26-5-2-21(3-6-26)13-32-29-7-4-22(16-33-29)27-20-38-28(30(34-27)37-8-10-40-11-9-37)12-25(35-38)19-36-17-23-14-31-15-24(23)18-36/h2-7,12,14,16,20,24,31H,8-11,13,15,17-19H2,1H3,(H,32,33). The normalized spacial score (nSPS) is 19.0. The molecule has 10 nitrogen and oxygen atoms in total. The Morgan fingerprint density at radius 2 is 2.00 bits per heavy atom. The first-order chi connectivity index (χ1) is 19.7. The van der Waals surface area contributed by atoms with Gasteiger partial charge >= 0.3 is 0 Å². The van der Waals surface area contributed by atoms with E-state index in [0.29, 0.717) is 25.7 Å². The average molecular weight is 539 g/mol. The molecule has 2 N–H and O–H groups in total. The second-order valence-corrected chi connectivity index (χ2v) is 10.6. The molecule has 0 radical (unpaired) electrons. The fourth-order valence-corrected chi connectivity index (χ4v) is 5.76. The van der Waals surface area contributed by atoms with Gasteiger partial charge in [-0.05, 0) is 47.7 Å². The Morgan fingerprint density at radius 3 is 2.77 bits per heavy atom. The zero-order valence-corrected chi connectivity index (χ0v) is 22.7. The number of methoxy groups -OCH3 is 1. The molecule has 3 aliphatic rings. The van der Waals surface area contributed by atoms with Crippen LogP contribution in [0.2, 0.25) is 0 Å². The highest BCUT2D eigenvalue weighted by Gasteiger charge is 2.30. The largest absolute Gasteiger partial charge is 0.497 e. The number of ether oxygens (including phenoxy) is 2. The molecule has 0 bridgehead atoms. The van der Waals surface area contributed by atoms with Gasteiger partial charge in [0.25, 0.3) is 0 Å². The number of aromatic nitrogens is 4. The number of benzene rings is 1. The number of anilines is 2. The van der Waals surface area contributed by atoms with Gasteiger partial charge in [-0.2, -0.15) is 5.10 Å². The lowest BCUT2D eigenvalue weighted by Gasteiger charge is -2.28. The Bertz CT molecular complexity index is 1510. The SMILES string of the molecule is COc1ccc(CNc2ccc(-c3cn4nc(CN5CC6=CNCC6C5)cc4c(N4CCOCC4)n3)cn2)cc1. The van der Waals surface area contributed by atoms with Crippen molar-refractivity contribution in [2.45, 2.75) is 13.1 Å². The number of hydrogen-bond acceptors (Lipinski definition) is 9. The minimum Gasteiger partial charge on any atom is -0.497 e. The monoisotopic (exact) mass is 538 g/mol. The van der Waals surface area contributed by atoms with E-state index in [2.05, 4.69) is 55.9 Å². The molecule has 0 saturated carbocycles. The van der Waals surface area contributed by atoms with Crippen LogP contribution in [0.25, 0.3) is 16.8 Å². The van der Waals surface area contributed by atoms with Gasteiger partial charge in [-0.25, -0.2) is 14.5 Å². The van der Waals surface area contributed by atoms with E-state index in [4.69, 9.17) is 19.6 Å². The van der Waals surface area contributed by atoms with Gasteiger partial charge in [0.2, 0.25) is 0 Å². The summed E-state index contributed by atoms with van der Waals surface area (Å²) in [5.74, 6) is 3.25. The number of nitrogens with one attached hydrogen (secondary N) is 2. The topological polar surface area (TPSA) is 92.1 Å². The predicted molar refractivity (Wildman–Crippen MR) is 154 cm³/mol. The highest BCUT2D eigenvalue weighted by atomic mass is 16.5. The van der Waals surface area contributed by atoms with Gasteiger partial charge in [-0.1, -0.05) is 12.1 Å². The lowest BCUT2D eigenvalue weighted by molar-refractivity contribution is 0.122. The van der Waals surface area contributed by atoms with Crippen LogP contribution in [0.4, 0.5) is 11.6 Å². The third kappa shape index (κ3) is 5.07. The van der Waals surface area contributed by atoms with Crippen molar-refractivity contribution in [3.63, 3.8) is 0 Å². The molecule has 3 aliphatic heterocycles. The summed E-state index contributed by atoms with van der Waals surface area (Å²) in [5.41, 5.74) is 6.58. The fourth-order valence-electron chi connectivity index (χ4n) is 5.76. The van der Waals surface area contributed by atoms with Crippen LogP contribution in [0.15, 0.2) is 66.6 Å². The third-order valence-corrected chi connectivity index (χ3v) is 7.94. The van der Waals surface area contributed by atoms with Crippen LogP contribution in [0.5, 0.6) is 5.75 Å². The van der Waals surface area contributed by atoms with Gasteiger partial charge in [0.1, 0.15) is 17.1 Å². The molecule has 206 valence electrons. The van der Waals surface area contributed by atoms with Crippen LogP contribution >= 0.6 is 0 Å². The van der Waals surface area contributed by atoms with Crippen LogP contribution in [0.1, 0.15) is 11.3 Å². The van der Waals surface area contributed by atoms with Crippen molar-refractivity contribution in [3.05, 3.63) is 77.9 Å². The van der Waals surface area contributed by atoms with Crippen molar-refractivity contribution >= 4 is 17.2 Å². The van der Waals surface area contributed by atoms with Crippen LogP contribution in [-0.2, 0) is 17.8 Å². The molecule has 0 spiro atoms. The number of nitrogens with zero attached hydrogens (tertiary/aromatic N) is 6. The maximum atomic E-state index is 5.63. The number of morpholine rings is 1. The van der Waals surface area contributed by atoms with Gasteiger partial charge in [0.05, 0.1) is 37.9 Å². The molecule has 10 heteroatoms. The van der Waals surface area contributed by atoms with E-state index in [0.717, 1.165) is 84.7 Å². The first-order valence-electron chi connectivity index (χ1n) is 13.9. The molecule has 0 aliphatic carbocycles. The van der Waals surface area contributed by atoms with Gasteiger partial charge in [0.15, 0.2) is 5.82 Å². The molecular weight excluding hydrogens is 504 g/mol. The van der Waals surface area contributed by atoms with Gasteiger partial charge < -0.3 is 25.0 Å². The highest BCUT2D eigenvalue weighted by Crippen LogP contribution is 2.29. The second-order valence-electron chi connectivity index (χ2n) is 10.6.